The normalized spacial score (nSPS) is 10.6. The maximum absolute atomic E-state index is 10.6. The van der Waals surface area contributed by atoms with Crippen LogP contribution in [0.15, 0.2) is 58.2 Å². The number of aromatic nitrogens is 2. The Bertz CT molecular complexity index is 914. The van der Waals surface area contributed by atoms with Gasteiger partial charge in [0.05, 0.1) is 23.7 Å². The van der Waals surface area contributed by atoms with Crippen LogP contribution in [0.4, 0.5) is 5.69 Å². The highest BCUT2D eigenvalue weighted by Gasteiger charge is 2.13. The molecule has 146 valence electrons. The van der Waals surface area contributed by atoms with Gasteiger partial charge >= 0.3 is 0 Å². The number of nitro benzene ring substituents is 1. The summed E-state index contributed by atoms with van der Waals surface area (Å²) in [4.78, 5) is 10.2. The highest BCUT2D eigenvalue weighted by Crippen LogP contribution is 2.30. The molecule has 1 heterocycles. The van der Waals surface area contributed by atoms with Crippen LogP contribution >= 0.6 is 11.8 Å². The first-order valence-corrected chi connectivity index (χ1v) is 9.71. The van der Waals surface area contributed by atoms with E-state index in [-0.39, 0.29) is 5.69 Å². The van der Waals surface area contributed by atoms with Crippen molar-refractivity contribution >= 4 is 17.4 Å². The molecule has 8 nitrogen and oxygen atoms in total. The molecule has 0 saturated heterocycles. The Morgan fingerprint density at radius 2 is 1.89 bits per heavy atom. The fourth-order valence-electron chi connectivity index (χ4n) is 2.37. The maximum atomic E-state index is 10.6. The van der Waals surface area contributed by atoms with Gasteiger partial charge in [0.15, 0.2) is 0 Å². The van der Waals surface area contributed by atoms with Crippen LogP contribution in [0.25, 0.3) is 11.5 Å². The van der Waals surface area contributed by atoms with Gasteiger partial charge in [-0.05, 0) is 37.6 Å². The lowest BCUT2D eigenvalue weighted by molar-refractivity contribution is -0.384. The number of non-ortho nitro benzene ring substituents is 1. The molecule has 3 rings (SSSR count). The molecule has 0 aliphatic carbocycles. The first-order valence-electron chi connectivity index (χ1n) is 8.73. The molecule has 28 heavy (non-hydrogen) atoms. The van der Waals surface area contributed by atoms with Gasteiger partial charge in [-0.15, -0.1) is 10.2 Å². The molecule has 3 aromatic rings. The van der Waals surface area contributed by atoms with E-state index in [4.69, 9.17) is 13.9 Å². The summed E-state index contributed by atoms with van der Waals surface area (Å²) in [7, 11) is 0. The van der Waals surface area contributed by atoms with Crippen LogP contribution in [0, 0.1) is 10.1 Å². The smallest absolute Gasteiger partial charge is 0.276 e. The Kier molecular flexibility index (Phi) is 6.85. The number of nitrogens with zero attached hydrogens (tertiary/aromatic N) is 3. The minimum absolute atomic E-state index is 0.0426. The molecule has 0 spiro atoms. The molecule has 0 fully saturated rings. The van der Waals surface area contributed by atoms with Crippen molar-refractivity contribution in [3.8, 4) is 23.0 Å². The first-order chi connectivity index (χ1) is 13.7. The number of rotatable bonds is 10. The van der Waals surface area contributed by atoms with E-state index in [0.29, 0.717) is 35.8 Å². The fraction of sp³-hybridized carbons (Fsp3) is 0.263. The number of ether oxygens (including phenoxy) is 2. The summed E-state index contributed by atoms with van der Waals surface area (Å²) in [5, 5.41) is 19.3. The molecule has 0 N–H and O–H groups in total. The summed E-state index contributed by atoms with van der Waals surface area (Å²) < 4.78 is 16.9. The lowest BCUT2D eigenvalue weighted by atomic mass is 10.2. The van der Waals surface area contributed by atoms with Crippen molar-refractivity contribution in [3.63, 3.8) is 0 Å². The summed E-state index contributed by atoms with van der Waals surface area (Å²) in [5.41, 5.74) is 0.811. The van der Waals surface area contributed by atoms with E-state index in [2.05, 4.69) is 10.2 Å². The molecule has 1 aromatic heterocycles. The molecule has 9 heteroatoms. The second kappa shape index (κ2) is 9.75. The Morgan fingerprint density at radius 1 is 1.11 bits per heavy atom. The predicted molar refractivity (Wildman–Crippen MR) is 105 cm³/mol. The zero-order valence-electron chi connectivity index (χ0n) is 15.2. The van der Waals surface area contributed by atoms with Gasteiger partial charge in [0.1, 0.15) is 11.5 Å². The third-order valence-corrected chi connectivity index (χ3v) is 4.56. The summed E-state index contributed by atoms with van der Waals surface area (Å²) in [6, 6.07) is 13.6. The van der Waals surface area contributed by atoms with Gasteiger partial charge in [-0.2, -0.15) is 0 Å². The molecular weight excluding hydrogens is 382 g/mol. The van der Waals surface area contributed by atoms with Crippen LogP contribution in [0.1, 0.15) is 13.3 Å². The van der Waals surface area contributed by atoms with Gasteiger partial charge in [0, 0.05) is 17.9 Å². The summed E-state index contributed by atoms with van der Waals surface area (Å²) in [6.07, 6.45) is 0.759. The number of para-hydroxylation sites is 1. The topological polar surface area (TPSA) is 101 Å². The van der Waals surface area contributed by atoms with E-state index in [1.54, 1.807) is 12.1 Å². The van der Waals surface area contributed by atoms with Crippen molar-refractivity contribution in [3.05, 3.63) is 58.6 Å². The second-order valence-corrected chi connectivity index (χ2v) is 6.65. The number of nitro groups is 1. The molecule has 2 aromatic carbocycles. The van der Waals surface area contributed by atoms with Crippen LogP contribution in [0.5, 0.6) is 11.5 Å². The van der Waals surface area contributed by atoms with Gasteiger partial charge in [-0.3, -0.25) is 10.1 Å². The molecule has 0 unspecified atom stereocenters. The van der Waals surface area contributed by atoms with Gasteiger partial charge in [-0.1, -0.05) is 23.9 Å². The molecule has 0 amide bonds. The predicted octanol–water partition coefficient (Wildman–Crippen LogP) is 4.60. The number of hydrogen-bond acceptors (Lipinski definition) is 8. The van der Waals surface area contributed by atoms with Crippen molar-refractivity contribution in [1.82, 2.24) is 10.2 Å². The largest absolute Gasteiger partial charge is 0.494 e. The van der Waals surface area contributed by atoms with Gasteiger partial charge in [0.2, 0.25) is 0 Å². The number of thioether (sulfide) groups is 1. The van der Waals surface area contributed by atoms with Crippen molar-refractivity contribution in [1.29, 1.82) is 0 Å². The van der Waals surface area contributed by atoms with E-state index in [9.17, 15) is 10.1 Å². The van der Waals surface area contributed by atoms with E-state index >= 15 is 0 Å². The van der Waals surface area contributed by atoms with Crippen LogP contribution < -0.4 is 9.47 Å². The Balaban J connectivity index is 1.45. The monoisotopic (exact) mass is 401 g/mol. The maximum Gasteiger partial charge on any atom is 0.276 e. The van der Waals surface area contributed by atoms with E-state index < -0.39 is 4.92 Å². The minimum Gasteiger partial charge on any atom is -0.494 e. The van der Waals surface area contributed by atoms with E-state index in [1.807, 2.05) is 31.2 Å². The molecule has 0 radical (unpaired) electrons. The van der Waals surface area contributed by atoms with Crippen LogP contribution in [-0.2, 0) is 0 Å². The average molecular weight is 401 g/mol. The highest BCUT2D eigenvalue weighted by atomic mass is 32.2. The first kappa shape index (κ1) is 19.7. The SMILES string of the molecule is CCOc1ccccc1-c1nnc(SCCCOc2ccc([N+](=O)[O-])cc2)o1. The van der Waals surface area contributed by atoms with Gasteiger partial charge in [-0.25, -0.2) is 0 Å². The standard InChI is InChI=1S/C19H19N3O5S/c1-2-25-17-7-4-3-6-16(17)18-20-21-19(27-18)28-13-5-12-26-15-10-8-14(9-11-15)22(23)24/h3-4,6-11H,2,5,12-13H2,1H3. The summed E-state index contributed by atoms with van der Waals surface area (Å²) >= 11 is 1.45. The lowest BCUT2D eigenvalue weighted by Crippen LogP contribution is -1.98. The lowest BCUT2D eigenvalue weighted by Gasteiger charge is -2.06. The van der Waals surface area contributed by atoms with Crippen molar-refractivity contribution in [2.75, 3.05) is 19.0 Å². The number of benzene rings is 2. The quantitative estimate of drug-likeness (QED) is 0.210. The Morgan fingerprint density at radius 3 is 2.64 bits per heavy atom. The molecule has 0 bridgehead atoms. The van der Waals surface area contributed by atoms with Crippen LogP contribution in [-0.4, -0.2) is 34.1 Å². The third kappa shape index (κ3) is 5.23. The highest BCUT2D eigenvalue weighted by molar-refractivity contribution is 7.99. The zero-order valence-corrected chi connectivity index (χ0v) is 16.1. The second-order valence-electron chi connectivity index (χ2n) is 5.60. The van der Waals surface area contributed by atoms with Gasteiger partial charge in [0.25, 0.3) is 16.8 Å². The van der Waals surface area contributed by atoms with Crippen LogP contribution in [0.3, 0.4) is 0 Å². The van der Waals surface area contributed by atoms with Crippen LogP contribution in [0.2, 0.25) is 0 Å². The molecule has 0 aliphatic rings. The van der Waals surface area contributed by atoms with E-state index in [1.165, 1.54) is 23.9 Å². The molecule has 0 saturated carbocycles. The third-order valence-electron chi connectivity index (χ3n) is 3.65. The van der Waals surface area contributed by atoms with Crippen molar-refractivity contribution in [2.45, 2.75) is 18.6 Å². The number of hydrogen-bond donors (Lipinski definition) is 0. The van der Waals surface area contributed by atoms with Crippen molar-refractivity contribution in [2.24, 2.45) is 0 Å². The zero-order chi connectivity index (χ0) is 19.8. The van der Waals surface area contributed by atoms with Gasteiger partial charge < -0.3 is 13.9 Å². The summed E-state index contributed by atoms with van der Waals surface area (Å²) in [5.74, 6) is 2.47. The van der Waals surface area contributed by atoms with Crippen molar-refractivity contribution < 1.29 is 18.8 Å². The molecule has 0 aliphatic heterocycles. The molecule has 0 atom stereocenters. The fourth-order valence-corrected chi connectivity index (χ4v) is 3.05. The summed E-state index contributed by atoms with van der Waals surface area (Å²) in [6.45, 7) is 2.96. The Labute approximate surface area is 166 Å². The molecular formula is C19H19N3O5S. The average Bonchev–Trinajstić information content (AvgIpc) is 3.17. The van der Waals surface area contributed by atoms with E-state index in [0.717, 1.165) is 17.7 Å². The minimum atomic E-state index is -0.439. The Hall–Kier alpha value is -3.07.